The van der Waals surface area contributed by atoms with Crippen LogP contribution < -0.4 is 9.47 Å². The van der Waals surface area contributed by atoms with Crippen molar-refractivity contribution in [3.8, 4) is 11.5 Å². The highest BCUT2D eigenvalue weighted by molar-refractivity contribution is 7.19. The molecule has 2 aromatic heterocycles. The van der Waals surface area contributed by atoms with Gasteiger partial charge in [-0.25, -0.2) is 0 Å². The summed E-state index contributed by atoms with van der Waals surface area (Å²) in [4.78, 5) is 0. The Labute approximate surface area is 254 Å². The van der Waals surface area contributed by atoms with Crippen LogP contribution in [-0.2, 0) is 0 Å². The van der Waals surface area contributed by atoms with Gasteiger partial charge in [-0.2, -0.15) is 0 Å². The number of rotatable bonds is 24. The van der Waals surface area contributed by atoms with E-state index in [1.807, 2.05) is 0 Å². The summed E-state index contributed by atoms with van der Waals surface area (Å²) in [7, 11) is 0. The van der Waals surface area contributed by atoms with E-state index < -0.39 is 0 Å². The van der Waals surface area contributed by atoms with Crippen molar-refractivity contribution in [3.63, 3.8) is 0 Å². The fourth-order valence-electron chi connectivity index (χ4n) is 6.09. The zero-order valence-corrected chi connectivity index (χ0v) is 27.9. The molecule has 4 heteroatoms. The summed E-state index contributed by atoms with van der Waals surface area (Å²) < 4.78 is 15.8. The Morgan fingerprint density at radius 2 is 0.900 bits per heavy atom. The van der Waals surface area contributed by atoms with Gasteiger partial charge in [0.25, 0.3) is 0 Å². The Bertz CT molecular complexity index is 921. The summed E-state index contributed by atoms with van der Waals surface area (Å²) in [6.45, 7) is 10.9. The molecular weight excluding hydrogens is 529 g/mol. The largest absolute Gasteiger partial charge is 0.491 e. The second-order valence-corrected chi connectivity index (χ2v) is 13.8. The average Bonchev–Trinajstić information content (AvgIpc) is 3.65. The second-order valence-electron chi connectivity index (χ2n) is 12.0. The van der Waals surface area contributed by atoms with E-state index >= 15 is 0 Å². The van der Waals surface area contributed by atoms with Crippen LogP contribution in [0.5, 0.6) is 11.5 Å². The third kappa shape index (κ3) is 10.5. The van der Waals surface area contributed by atoms with Crippen molar-refractivity contribution in [1.29, 1.82) is 0 Å². The van der Waals surface area contributed by atoms with Crippen LogP contribution in [0, 0.1) is 11.8 Å². The second kappa shape index (κ2) is 19.8. The minimum atomic E-state index is 0.791. The third-order valence-electron chi connectivity index (χ3n) is 8.64. The third-order valence-corrected chi connectivity index (χ3v) is 10.5. The lowest BCUT2D eigenvalue weighted by Gasteiger charge is -2.19. The van der Waals surface area contributed by atoms with E-state index in [1.54, 1.807) is 22.7 Å². The van der Waals surface area contributed by atoms with Crippen molar-refractivity contribution >= 4 is 42.8 Å². The molecule has 0 aliphatic rings. The van der Waals surface area contributed by atoms with Crippen LogP contribution >= 0.6 is 22.7 Å². The van der Waals surface area contributed by atoms with Crippen molar-refractivity contribution < 1.29 is 9.47 Å². The number of fused-ring (bicyclic) bond motifs is 2. The van der Waals surface area contributed by atoms with Gasteiger partial charge >= 0.3 is 0 Å². The molecule has 2 atom stereocenters. The van der Waals surface area contributed by atoms with Crippen LogP contribution in [0.3, 0.4) is 0 Å². The summed E-state index contributed by atoms with van der Waals surface area (Å²) in [5, 5.41) is 6.91. The lowest BCUT2D eigenvalue weighted by atomic mass is 9.92. The molecule has 3 aromatic rings. The maximum absolute atomic E-state index is 6.65. The molecule has 3 rings (SSSR count). The van der Waals surface area contributed by atoms with E-state index in [-0.39, 0.29) is 0 Å². The van der Waals surface area contributed by atoms with Crippen molar-refractivity contribution in [2.24, 2.45) is 11.8 Å². The highest BCUT2D eigenvalue weighted by atomic mass is 32.1. The molecule has 2 heterocycles. The molecule has 0 aliphatic heterocycles. The monoisotopic (exact) mass is 586 g/mol. The first kappa shape index (κ1) is 33.2. The molecule has 0 bridgehead atoms. The van der Waals surface area contributed by atoms with Crippen LogP contribution in [-0.4, -0.2) is 13.2 Å². The maximum atomic E-state index is 6.65. The molecule has 0 aliphatic carbocycles. The molecule has 0 amide bonds. The number of benzene rings is 1. The van der Waals surface area contributed by atoms with E-state index in [0.29, 0.717) is 0 Å². The molecule has 226 valence electrons. The number of unbranched alkanes of at least 4 members (excludes halogenated alkanes) is 8. The molecule has 0 saturated heterocycles. The molecule has 0 N–H and O–H groups in total. The average molecular weight is 587 g/mol. The van der Waals surface area contributed by atoms with Gasteiger partial charge in [-0.15, -0.1) is 22.7 Å². The number of ether oxygens (including phenoxy) is 2. The summed E-state index contributed by atoms with van der Waals surface area (Å²) in [6, 6.07) is 4.50. The molecular formula is C36H58O2S2. The first-order chi connectivity index (χ1) is 19.7. The number of hydrogen-bond acceptors (Lipinski definition) is 4. The fourth-order valence-corrected chi connectivity index (χ4v) is 7.89. The molecule has 1 aromatic carbocycles. The Hall–Kier alpha value is -1.26. The summed E-state index contributed by atoms with van der Waals surface area (Å²) in [6.07, 6.45) is 23.9. The lowest BCUT2D eigenvalue weighted by molar-refractivity contribution is 0.262. The molecule has 0 saturated carbocycles. The highest BCUT2D eigenvalue weighted by Gasteiger charge is 2.20. The molecule has 2 unspecified atom stereocenters. The van der Waals surface area contributed by atoms with Gasteiger partial charge in [-0.3, -0.25) is 0 Å². The van der Waals surface area contributed by atoms with Gasteiger partial charge in [0.1, 0.15) is 11.5 Å². The summed E-state index contributed by atoms with van der Waals surface area (Å²) in [5.41, 5.74) is 0. The van der Waals surface area contributed by atoms with Gasteiger partial charge in [0, 0.05) is 10.8 Å². The first-order valence-electron chi connectivity index (χ1n) is 16.9. The zero-order chi connectivity index (χ0) is 28.4. The summed E-state index contributed by atoms with van der Waals surface area (Å²) >= 11 is 3.61. The van der Waals surface area contributed by atoms with Crippen LogP contribution in [0.1, 0.15) is 143 Å². The fraction of sp³-hybridized carbons (Fsp3) is 0.722. The normalized spacial score (nSPS) is 13.3. The van der Waals surface area contributed by atoms with Crippen molar-refractivity contribution in [2.75, 3.05) is 13.2 Å². The minimum absolute atomic E-state index is 0.791. The number of thiophene rings is 2. The Morgan fingerprint density at radius 3 is 1.30 bits per heavy atom. The van der Waals surface area contributed by atoms with Crippen molar-refractivity contribution in [2.45, 2.75) is 143 Å². The first-order valence-corrected chi connectivity index (χ1v) is 18.6. The van der Waals surface area contributed by atoms with Gasteiger partial charge < -0.3 is 9.47 Å². The van der Waals surface area contributed by atoms with Gasteiger partial charge in [0.2, 0.25) is 0 Å². The standard InChI is InChI=1S/C36H58O2S2/c1-5-9-13-15-19-29(17-11-7-3)21-25-37-33-31-23-27-40-36(31)34(32-24-28-39-35(32)33)38-26-22-30(18-12-8-4)20-16-14-10-6-2/h23-24,27-30H,5-22,25-26H2,1-4H3. The molecule has 0 spiro atoms. The van der Waals surface area contributed by atoms with E-state index in [1.165, 1.54) is 136 Å². The Morgan fingerprint density at radius 1 is 0.500 bits per heavy atom. The van der Waals surface area contributed by atoms with E-state index in [0.717, 1.165) is 36.5 Å². The summed E-state index contributed by atoms with van der Waals surface area (Å²) in [5.74, 6) is 3.76. The quantitative estimate of drug-likeness (QED) is 0.0972. The van der Waals surface area contributed by atoms with E-state index in [4.69, 9.17) is 9.47 Å². The Kier molecular flexibility index (Phi) is 16.4. The smallest absolute Gasteiger partial charge is 0.146 e. The van der Waals surface area contributed by atoms with Gasteiger partial charge in [0.15, 0.2) is 0 Å². The topological polar surface area (TPSA) is 18.5 Å². The van der Waals surface area contributed by atoms with Crippen LogP contribution in [0.15, 0.2) is 22.9 Å². The van der Waals surface area contributed by atoms with Crippen LogP contribution in [0.2, 0.25) is 0 Å². The van der Waals surface area contributed by atoms with Crippen molar-refractivity contribution in [3.05, 3.63) is 22.9 Å². The predicted molar refractivity (Wildman–Crippen MR) is 181 cm³/mol. The van der Waals surface area contributed by atoms with Gasteiger partial charge in [-0.1, -0.05) is 130 Å². The van der Waals surface area contributed by atoms with Crippen LogP contribution in [0.25, 0.3) is 20.2 Å². The molecule has 2 nitrogen and oxygen atoms in total. The van der Waals surface area contributed by atoms with E-state index in [2.05, 4.69) is 50.6 Å². The molecule has 0 fully saturated rings. The lowest BCUT2D eigenvalue weighted by Crippen LogP contribution is -2.09. The number of hydrogen-bond donors (Lipinski definition) is 0. The van der Waals surface area contributed by atoms with E-state index in [9.17, 15) is 0 Å². The minimum Gasteiger partial charge on any atom is -0.491 e. The predicted octanol–water partition coefficient (Wildman–Crippen LogP) is 13.2. The van der Waals surface area contributed by atoms with Gasteiger partial charge in [0.05, 0.1) is 22.6 Å². The highest BCUT2D eigenvalue weighted by Crippen LogP contribution is 2.47. The zero-order valence-electron chi connectivity index (χ0n) is 26.2. The molecule has 40 heavy (non-hydrogen) atoms. The Balaban J connectivity index is 1.65. The maximum Gasteiger partial charge on any atom is 0.146 e. The van der Waals surface area contributed by atoms with Gasteiger partial charge in [-0.05, 0) is 47.6 Å². The molecule has 0 radical (unpaired) electrons. The van der Waals surface area contributed by atoms with Crippen LogP contribution in [0.4, 0.5) is 0 Å². The SMILES string of the molecule is CCCCCCC(CCCC)CCOc1c2ccsc2c(OCCC(CCCC)CCCCCC)c2ccsc12. The van der Waals surface area contributed by atoms with Crippen molar-refractivity contribution in [1.82, 2.24) is 0 Å².